The van der Waals surface area contributed by atoms with E-state index in [1.165, 1.54) is 0 Å². The Labute approximate surface area is 75.1 Å². The Balaban J connectivity index is 2.04. The van der Waals surface area contributed by atoms with E-state index in [4.69, 9.17) is 0 Å². The first-order valence-corrected chi connectivity index (χ1v) is 4.67. The zero-order chi connectivity index (χ0) is 9.05. The predicted molar refractivity (Wildman–Crippen MR) is 40.1 cm³/mol. The summed E-state index contributed by atoms with van der Waals surface area (Å²) in [5, 5.41) is 0. The molecule has 2 bridgehead atoms. The highest BCUT2D eigenvalue weighted by Gasteiger charge is 2.66. The van der Waals surface area contributed by atoms with Crippen LogP contribution in [0.15, 0.2) is 0 Å². The number of carbonyl (C=O) groups is 2. The summed E-state index contributed by atoms with van der Waals surface area (Å²) in [7, 11) is 0. The molecule has 0 amide bonds. The van der Waals surface area contributed by atoms with Gasteiger partial charge in [-0.3, -0.25) is 0 Å². The molecule has 0 aromatic carbocycles. The second kappa shape index (κ2) is 2.05. The lowest BCUT2D eigenvalue weighted by Crippen LogP contribution is -2.38. The molecule has 13 heavy (non-hydrogen) atoms. The fourth-order valence-corrected chi connectivity index (χ4v) is 3.14. The van der Waals surface area contributed by atoms with Gasteiger partial charge in [-0.05, 0) is 31.1 Å². The van der Waals surface area contributed by atoms with Crippen molar-refractivity contribution in [2.24, 2.45) is 17.3 Å². The minimum atomic E-state index is -0.900. The van der Waals surface area contributed by atoms with Crippen molar-refractivity contribution in [1.29, 1.82) is 0 Å². The Morgan fingerprint density at radius 1 is 1.15 bits per heavy atom. The molecule has 0 unspecified atom stereocenters. The van der Waals surface area contributed by atoms with Gasteiger partial charge in [0.05, 0.1) is 0 Å². The zero-order valence-corrected chi connectivity index (χ0v) is 7.12. The fraction of sp³-hybridized carbons (Fsp3) is 0.778. The third-order valence-electron chi connectivity index (χ3n) is 3.77. The van der Waals surface area contributed by atoms with Gasteiger partial charge in [0, 0.05) is 0 Å². The van der Waals surface area contributed by atoms with Gasteiger partial charge in [0.2, 0.25) is 0 Å². The van der Waals surface area contributed by atoms with Crippen molar-refractivity contribution >= 4 is 11.9 Å². The van der Waals surface area contributed by atoms with E-state index in [9.17, 15) is 9.59 Å². The largest absolute Gasteiger partial charge is 0.373 e. The van der Waals surface area contributed by atoms with E-state index in [1.807, 2.05) is 0 Å². The van der Waals surface area contributed by atoms with Crippen LogP contribution in [0.25, 0.3) is 0 Å². The highest BCUT2D eigenvalue weighted by molar-refractivity contribution is 6.03. The van der Waals surface area contributed by atoms with Crippen LogP contribution in [0.4, 0.5) is 0 Å². The van der Waals surface area contributed by atoms with Gasteiger partial charge in [-0.2, -0.15) is 0 Å². The van der Waals surface area contributed by atoms with Crippen molar-refractivity contribution < 1.29 is 19.4 Å². The van der Waals surface area contributed by atoms with Crippen molar-refractivity contribution in [2.75, 3.05) is 0 Å². The van der Waals surface area contributed by atoms with E-state index >= 15 is 0 Å². The van der Waals surface area contributed by atoms with E-state index in [0.717, 1.165) is 19.3 Å². The lowest BCUT2D eigenvalue weighted by Gasteiger charge is -2.23. The maximum absolute atomic E-state index is 11.4. The number of fused-ring (bicyclic) bond motifs is 3. The Kier molecular flexibility index (Phi) is 1.16. The molecule has 4 nitrogen and oxygen atoms in total. The van der Waals surface area contributed by atoms with Crippen LogP contribution in [-0.4, -0.2) is 11.9 Å². The second-order valence-corrected chi connectivity index (χ2v) is 4.29. The molecule has 1 spiro atoms. The molecule has 2 atom stereocenters. The highest BCUT2D eigenvalue weighted by atomic mass is 17.2. The number of carbonyl (C=O) groups excluding carboxylic acids is 2. The summed E-state index contributed by atoms with van der Waals surface area (Å²) in [6.07, 6.45) is 3.75. The Bertz CT molecular complexity index is 280. The van der Waals surface area contributed by atoms with Gasteiger partial charge in [-0.25, -0.2) is 19.4 Å². The number of hydrogen-bond donors (Lipinski definition) is 0. The summed E-state index contributed by atoms with van der Waals surface area (Å²) in [4.78, 5) is 31.6. The average molecular weight is 182 g/mol. The van der Waals surface area contributed by atoms with Gasteiger partial charge in [0.25, 0.3) is 0 Å². The van der Waals surface area contributed by atoms with Gasteiger partial charge in [-0.1, -0.05) is 6.42 Å². The van der Waals surface area contributed by atoms with Crippen LogP contribution in [0.3, 0.4) is 0 Å². The van der Waals surface area contributed by atoms with E-state index in [1.54, 1.807) is 0 Å². The first kappa shape index (κ1) is 7.35. The van der Waals surface area contributed by atoms with Crippen LogP contribution in [0, 0.1) is 17.3 Å². The molecule has 4 heteroatoms. The van der Waals surface area contributed by atoms with Crippen LogP contribution in [0.2, 0.25) is 0 Å². The van der Waals surface area contributed by atoms with E-state index < -0.39 is 17.4 Å². The second-order valence-electron chi connectivity index (χ2n) is 4.29. The summed E-state index contributed by atoms with van der Waals surface area (Å²) in [6, 6.07) is 0. The minimum Gasteiger partial charge on any atom is -0.246 e. The molecule has 70 valence electrons. The standard InChI is InChI=1S/C9H10O4/c10-7-9(8(11)13-12-7)4-5-1-2-6(9)3-5/h5-6H,1-4H2/t5-,6+/m1/s1. The van der Waals surface area contributed by atoms with Crippen LogP contribution in [0.1, 0.15) is 25.7 Å². The van der Waals surface area contributed by atoms with Crippen LogP contribution in [-0.2, 0) is 19.4 Å². The first-order chi connectivity index (χ1) is 6.23. The maximum atomic E-state index is 11.4. The SMILES string of the molecule is O=C1OOC(=O)C12C[C@@H]1CC[C@H]2C1. The Morgan fingerprint density at radius 3 is 2.31 bits per heavy atom. The zero-order valence-electron chi connectivity index (χ0n) is 7.12. The highest BCUT2D eigenvalue weighted by Crippen LogP contribution is 2.58. The molecule has 2 aliphatic carbocycles. The molecule has 0 N–H and O–H groups in total. The van der Waals surface area contributed by atoms with E-state index in [-0.39, 0.29) is 5.92 Å². The first-order valence-electron chi connectivity index (χ1n) is 4.67. The molecule has 1 heterocycles. The summed E-state index contributed by atoms with van der Waals surface area (Å²) in [5.74, 6) is -0.197. The Morgan fingerprint density at radius 2 is 1.85 bits per heavy atom. The monoisotopic (exact) mass is 182 g/mol. The predicted octanol–water partition coefficient (Wildman–Crippen LogP) is 0.808. The molecular formula is C9H10O4. The van der Waals surface area contributed by atoms with Crippen molar-refractivity contribution in [1.82, 2.24) is 0 Å². The fourth-order valence-electron chi connectivity index (χ4n) is 3.14. The molecule has 2 saturated carbocycles. The molecule has 1 aliphatic heterocycles. The number of rotatable bonds is 0. The van der Waals surface area contributed by atoms with Gasteiger partial charge < -0.3 is 0 Å². The number of hydrogen-bond acceptors (Lipinski definition) is 4. The van der Waals surface area contributed by atoms with Gasteiger partial charge in [0.1, 0.15) is 0 Å². The van der Waals surface area contributed by atoms with Crippen LogP contribution < -0.4 is 0 Å². The molecule has 1 saturated heterocycles. The summed E-state index contributed by atoms with van der Waals surface area (Å²) >= 11 is 0. The Hall–Kier alpha value is -1.06. The van der Waals surface area contributed by atoms with Gasteiger partial charge in [0.15, 0.2) is 5.41 Å². The average Bonchev–Trinajstić information content (AvgIpc) is 2.77. The third-order valence-corrected chi connectivity index (χ3v) is 3.77. The van der Waals surface area contributed by atoms with Gasteiger partial charge >= 0.3 is 11.9 Å². The molecule has 3 fully saturated rings. The third kappa shape index (κ3) is 0.677. The van der Waals surface area contributed by atoms with Crippen LogP contribution in [0.5, 0.6) is 0 Å². The normalized spacial score (nSPS) is 39.7. The molecule has 0 radical (unpaired) electrons. The maximum Gasteiger partial charge on any atom is 0.373 e. The molecule has 3 rings (SSSR count). The smallest absolute Gasteiger partial charge is 0.246 e. The quantitative estimate of drug-likeness (QED) is 0.411. The molecule has 0 aromatic rings. The van der Waals surface area contributed by atoms with Gasteiger partial charge in [-0.15, -0.1) is 0 Å². The molecular weight excluding hydrogens is 172 g/mol. The lowest BCUT2D eigenvalue weighted by atomic mass is 9.73. The summed E-state index contributed by atoms with van der Waals surface area (Å²) in [5.41, 5.74) is -0.900. The van der Waals surface area contributed by atoms with E-state index in [2.05, 4.69) is 9.78 Å². The molecule has 0 aromatic heterocycles. The molecule has 3 aliphatic rings. The van der Waals surface area contributed by atoms with Crippen LogP contribution >= 0.6 is 0 Å². The van der Waals surface area contributed by atoms with Crippen molar-refractivity contribution in [3.05, 3.63) is 0 Å². The topological polar surface area (TPSA) is 52.6 Å². The van der Waals surface area contributed by atoms with Crippen molar-refractivity contribution in [3.8, 4) is 0 Å². The minimum absolute atomic E-state index is 0.181. The van der Waals surface area contributed by atoms with E-state index in [0.29, 0.717) is 12.3 Å². The van der Waals surface area contributed by atoms with Crippen molar-refractivity contribution in [3.63, 3.8) is 0 Å². The summed E-state index contributed by atoms with van der Waals surface area (Å²) < 4.78 is 0. The van der Waals surface area contributed by atoms with Crippen molar-refractivity contribution in [2.45, 2.75) is 25.7 Å². The lowest BCUT2D eigenvalue weighted by molar-refractivity contribution is -0.235. The summed E-state index contributed by atoms with van der Waals surface area (Å²) in [6.45, 7) is 0.